The summed E-state index contributed by atoms with van der Waals surface area (Å²) in [5.41, 5.74) is 2.13. The van der Waals surface area contributed by atoms with E-state index in [1.54, 1.807) is 37.4 Å². The van der Waals surface area contributed by atoms with Gasteiger partial charge in [-0.1, -0.05) is 42.5 Å². The highest BCUT2D eigenvalue weighted by atomic mass is 16.6. The van der Waals surface area contributed by atoms with Crippen LogP contribution >= 0.6 is 0 Å². The molecule has 38 heavy (non-hydrogen) atoms. The van der Waals surface area contributed by atoms with Crippen molar-refractivity contribution in [1.29, 1.82) is 0 Å². The van der Waals surface area contributed by atoms with E-state index in [2.05, 4.69) is 0 Å². The van der Waals surface area contributed by atoms with Crippen LogP contribution in [-0.4, -0.2) is 55.2 Å². The monoisotopic (exact) mass is 515 g/mol. The molecule has 1 unspecified atom stereocenters. The number of ketones is 1. The van der Waals surface area contributed by atoms with Crippen LogP contribution in [0.25, 0.3) is 5.76 Å². The third-order valence-corrected chi connectivity index (χ3v) is 6.55. The van der Waals surface area contributed by atoms with Gasteiger partial charge in [0.1, 0.15) is 31.3 Å². The zero-order chi connectivity index (χ0) is 26.5. The van der Waals surface area contributed by atoms with Gasteiger partial charge in [-0.2, -0.15) is 0 Å². The van der Waals surface area contributed by atoms with Gasteiger partial charge in [0.05, 0.1) is 11.6 Å². The summed E-state index contributed by atoms with van der Waals surface area (Å²) in [6.07, 6.45) is 0.544. The summed E-state index contributed by atoms with van der Waals surface area (Å²) >= 11 is 0. The van der Waals surface area contributed by atoms with Crippen molar-refractivity contribution in [3.63, 3.8) is 0 Å². The first-order chi connectivity index (χ1) is 18.6. The molecule has 1 saturated heterocycles. The Hall–Kier alpha value is -4.30. The number of fused-ring (bicyclic) bond motifs is 1. The molecule has 0 aliphatic carbocycles. The number of ether oxygens (including phenoxy) is 4. The lowest BCUT2D eigenvalue weighted by atomic mass is 9.95. The number of amides is 1. The van der Waals surface area contributed by atoms with E-state index in [1.165, 1.54) is 4.90 Å². The molecule has 1 fully saturated rings. The summed E-state index contributed by atoms with van der Waals surface area (Å²) in [6.45, 7) is 1.98. The third kappa shape index (κ3) is 5.21. The normalized spacial score (nSPS) is 18.0. The fourth-order valence-corrected chi connectivity index (χ4v) is 4.67. The van der Waals surface area contributed by atoms with Gasteiger partial charge in [0.25, 0.3) is 11.7 Å². The number of aliphatic hydroxyl groups excluding tert-OH is 1. The molecule has 3 aromatic carbocycles. The van der Waals surface area contributed by atoms with Crippen molar-refractivity contribution in [2.24, 2.45) is 0 Å². The minimum absolute atomic E-state index is 0.0297. The van der Waals surface area contributed by atoms with E-state index in [9.17, 15) is 14.7 Å². The molecule has 8 heteroatoms. The van der Waals surface area contributed by atoms with E-state index in [1.807, 2.05) is 42.5 Å². The lowest BCUT2D eigenvalue weighted by molar-refractivity contribution is -0.140. The molecule has 1 N–H and O–H groups in total. The summed E-state index contributed by atoms with van der Waals surface area (Å²) < 4.78 is 22.3. The molecule has 5 rings (SSSR count). The predicted molar refractivity (Wildman–Crippen MR) is 140 cm³/mol. The Morgan fingerprint density at radius 3 is 2.45 bits per heavy atom. The topological polar surface area (TPSA) is 94.5 Å². The quantitative estimate of drug-likeness (QED) is 0.194. The SMILES string of the molecule is COCCCN1C(=O)C(=O)C(=C(O)c2ccc3c(c2)OCCO3)C1c1ccc(OCc2ccccc2)cc1. The van der Waals surface area contributed by atoms with Gasteiger partial charge in [-0.25, -0.2) is 0 Å². The predicted octanol–water partition coefficient (Wildman–Crippen LogP) is 4.50. The van der Waals surface area contributed by atoms with E-state index in [0.717, 1.165) is 5.56 Å². The van der Waals surface area contributed by atoms with Gasteiger partial charge >= 0.3 is 0 Å². The van der Waals surface area contributed by atoms with Crippen molar-refractivity contribution >= 4 is 17.4 Å². The molecule has 0 radical (unpaired) electrons. The van der Waals surface area contributed by atoms with Crippen LogP contribution in [0.15, 0.2) is 78.4 Å². The lowest BCUT2D eigenvalue weighted by Gasteiger charge is -2.25. The Morgan fingerprint density at radius 2 is 1.71 bits per heavy atom. The second-order valence-corrected chi connectivity index (χ2v) is 9.04. The Morgan fingerprint density at radius 1 is 0.974 bits per heavy atom. The Bertz CT molecular complexity index is 1330. The van der Waals surface area contributed by atoms with Crippen molar-refractivity contribution in [1.82, 2.24) is 4.90 Å². The maximum atomic E-state index is 13.2. The minimum Gasteiger partial charge on any atom is -0.507 e. The molecule has 3 aromatic rings. The molecule has 2 aliphatic heterocycles. The third-order valence-electron chi connectivity index (χ3n) is 6.55. The molecule has 0 saturated carbocycles. The number of nitrogens with zero attached hydrogens (tertiary/aromatic N) is 1. The lowest BCUT2D eigenvalue weighted by Crippen LogP contribution is -2.31. The molecular formula is C30H29NO7. The van der Waals surface area contributed by atoms with Crippen LogP contribution in [0.4, 0.5) is 0 Å². The fraction of sp³-hybridized carbons (Fsp3) is 0.267. The Kier molecular flexibility index (Phi) is 7.60. The van der Waals surface area contributed by atoms with Crippen LogP contribution in [0.5, 0.6) is 17.2 Å². The summed E-state index contributed by atoms with van der Waals surface area (Å²) in [4.78, 5) is 27.8. The van der Waals surface area contributed by atoms with Gasteiger partial charge in [0.15, 0.2) is 11.5 Å². The van der Waals surface area contributed by atoms with Crippen molar-refractivity contribution in [2.75, 3.05) is 33.5 Å². The van der Waals surface area contributed by atoms with Crippen molar-refractivity contribution in [3.8, 4) is 17.2 Å². The van der Waals surface area contributed by atoms with Crippen LogP contribution in [-0.2, 0) is 20.9 Å². The molecule has 2 heterocycles. The van der Waals surface area contributed by atoms with Gasteiger partial charge < -0.3 is 29.0 Å². The minimum atomic E-state index is -0.761. The van der Waals surface area contributed by atoms with Crippen molar-refractivity contribution in [2.45, 2.75) is 19.1 Å². The second-order valence-electron chi connectivity index (χ2n) is 9.04. The number of Topliss-reactive ketones (excluding diaryl/α,β-unsaturated/α-hetero) is 1. The zero-order valence-corrected chi connectivity index (χ0v) is 21.1. The molecule has 2 aliphatic rings. The molecule has 196 valence electrons. The molecule has 0 bridgehead atoms. The summed E-state index contributed by atoms with van der Waals surface area (Å²) in [5, 5.41) is 11.3. The van der Waals surface area contributed by atoms with Crippen molar-refractivity contribution < 1.29 is 33.6 Å². The van der Waals surface area contributed by atoms with E-state index < -0.39 is 17.7 Å². The summed E-state index contributed by atoms with van der Waals surface area (Å²) in [7, 11) is 1.58. The van der Waals surface area contributed by atoms with Crippen LogP contribution in [0.3, 0.4) is 0 Å². The van der Waals surface area contributed by atoms with Crippen LogP contribution in [0, 0.1) is 0 Å². The number of methoxy groups -OCH3 is 1. The number of aliphatic hydroxyl groups is 1. The Balaban J connectivity index is 1.47. The second kappa shape index (κ2) is 11.4. The van der Waals surface area contributed by atoms with Crippen LogP contribution in [0.1, 0.15) is 29.2 Å². The van der Waals surface area contributed by atoms with Gasteiger partial charge in [-0.05, 0) is 47.9 Å². The average molecular weight is 516 g/mol. The summed E-state index contributed by atoms with van der Waals surface area (Å²) in [5.74, 6) is 0.0464. The number of carbonyl (C=O) groups excluding carboxylic acids is 2. The number of hydrogen-bond acceptors (Lipinski definition) is 7. The fourth-order valence-electron chi connectivity index (χ4n) is 4.67. The summed E-state index contributed by atoms with van der Waals surface area (Å²) in [6, 6.07) is 21.3. The van der Waals surface area contributed by atoms with Crippen LogP contribution in [0.2, 0.25) is 0 Å². The molecule has 8 nitrogen and oxygen atoms in total. The smallest absolute Gasteiger partial charge is 0.295 e. The standard InChI is InChI=1S/C30H29NO7/c1-35-15-5-14-31-27(21-8-11-23(12-9-21)38-19-20-6-3-2-4-7-20)26(29(33)30(31)34)28(32)22-10-13-24-25(18-22)37-17-16-36-24/h2-4,6-13,18,27,32H,5,14-17,19H2,1H3. The highest BCUT2D eigenvalue weighted by Crippen LogP contribution is 2.41. The van der Waals surface area contributed by atoms with E-state index in [0.29, 0.717) is 67.8 Å². The van der Waals surface area contributed by atoms with Gasteiger partial charge in [-0.3, -0.25) is 9.59 Å². The van der Waals surface area contributed by atoms with E-state index >= 15 is 0 Å². The molecule has 0 spiro atoms. The van der Waals surface area contributed by atoms with Gasteiger partial charge in [-0.15, -0.1) is 0 Å². The first-order valence-electron chi connectivity index (χ1n) is 12.5. The highest BCUT2D eigenvalue weighted by molar-refractivity contribution is 6.46. The maximum absolute atomic E-state index is 13.2. The average Bonchev–Trinajstić information content (AvgIpc) is 3.21. The molecule has 1 amide bonds. The van der Waals surface area contributed by atoms with Gasteiger partial charge in [0.2, 0.25) is 0 Å². The molecular weight excluding hydrogens is 486 g/mol. The number of rotatable bonds is 9. The first-order valence-corrected chi connectivity index (χ1v) is 12.5. The zero-order valence-electron chi connectivity index (χ0n) is 21.1. The van der Waals surface area contributed by atoms with E-state index in [-0.39, 0.29) is 11.3 Å². The van der Waals surface area contributed by atoms with Gasteiger partial charge in [0, 0.05) is 25.8 Å². The van der Waals surface area contributed by atoms with Crippen LogP contribution < -0.4 is 14.2 Å². The largest absolute Gasteiger partial charge is 0.507 e. The number of benzene rings is 3. The van der Waals surface area contributed by atoms with Crippen molar-refractivity contribution in [3.05, 3.63) is 95.1 Å². The maximum Gasteiger partial charge on any atom is 0.295 e. The first kappa shape index (κ1) is 25.4. The number of carbonyl (C=O) groups is 2. The Labute approximate surface area is 221 Å². The molecule has 1 atom stereocenters. The number of hydrogen-bond donors (Lipinski definition) is 1. The number of likely N-dealkylation sites (tertiary alicyclic amines) is 1. The molecule has 0 aromatic heterocycles. The van der Waals surface area contributed by atoms with E-state index in [4.69, 9.17) is 18.9 Å². The highest BCUT2D eigenvalue weighted by Gasteiger charge is 2.45.